The number of hydrogen-bond donors (Lipinski definition) is 1. The van der Waals surface area contributed by atoms with Crippen LogP contribution in [0.25, 0.3) is 0 Å². The van der Waals surface area contributed by atoms with Crippen molar-refractivity contribution in [3.63, 3.8) is 0 Å². The molecule has 0 bridgehead atoms. The van der Waals surface area contributed by atoms with Gasteiger partial charge in [0.2, 0.25) is 0 Å². The molecule has 1 aliphatic heterocycles. The molecule has 1 N–H and O–H groups in total. The monoisotopic (exact) mass is 211 g/mol. The standard InChI is InChI=1S/C9H11NOS.C2H6/c1-7-2-3-8-5-12(10,11)6-9(8)4-7;1-2/h2-4,10H,5-6H2,1H3;1-2H3. The first-order valence-electron chi connectivity index (χ1n) is 4.89. The Bertz CT molecular complexity index is 421. The summed E-state index contributed by atoms with van der Waals surface area (Å²) in [6, 6.07) is 6.04. The predicted octanol–water partition coefficient (Wildman–Crippen LogP) is 3.08. The van der Waals surface area contributed by atoms with Crippen LogP contribution >= 0.6 is 0 Å². The molecule has 0 saturated carbocycles. The van der Waals surface area contributed by atoms with E-state index in [4.69, 9.17) is 4.78 Å². The van der Waals surface area contributed by atoms with Crippen LogP contribution in [0.4, 0.5) is 0 Å². The van der Waals surface area contributed by atoms with E-state index in [1.54, 1.807) is 0 Å². The zero-order chi connectivity index (χ0) is 10.8. The highest BCUT2D eigenvalue weighted by molar-refractivity contribution is 7.91. The molecule has 3 heteroatoms. The van der Waals surface area contributed by atoms with Gasteiger partial charge in [0.25, 0.3) is 0 Å². The minimum atomic E-state index is -2.32. The van der Waals surface area contributed by atoms with E-state index in [2.05, 4.69) is 0 Å². The predicted molar refractivity (Wildman–Crippen MR) is 60.8 cm³/mol. The Kier molecular flexibility index (Phi) is 3.32. The van der Waals surface area contributed by atoms with Crippen LogP contribution in [-0.4, -0.2) is 4.21 Å². The molecule has 0 amide bonds. The number of hydrogen-bond acceptors (Lipinski definition) is 2. The molecule has 1 aliphatic rings. The maximum atomic E-state index is 11.4. The Balaban J connectivity index is 0.000000461. The van der Waals surface area contributed by atoms with Crippen molar-refractivity contribution in [2.24, 2.45) is 0 Å². The normalized spacial score (nSPS) is 23.6. The molecule has 14 heavy (non-hydrogen) atoms. The van der Waals surface area contributed by atoms with Crippen LogP contribution in [0.1, 0.15) is 30.5 Å². The van der Waals surface area contributed by atoms with Crippen molar-refractivity contribution in [1.29, 1.82) is 4.78 Å². The van der Waals surface area contributed by atoms with Gasteiger partial charge >= 0.3 is 0 Å². The topological polar surface area (TPSA) is 40.9 Å². The highest BCUT2D eigenvalue weighted by Crippen LogP contribution is 2.25. The third-order valence-corrected chi connectivity index (χ3v) is 3.69. The molecule has 0 fully saturated rings. The van der Waals surface area contributed by atoms with Crippen LogP contribution in [0.15, 0.2) is 18.2 Å². The molecule has 78 valence electrons. The Morgan fingerprint density at radius 3 is 2.43 bits per heavy atom. The van der Waals surface area contributed by atoms with E-state index in [0.29, 0.717) is 11.5 Å². The average molecular weight is 211 g/mol. The van der Waals surface area contributed by atoms with E-state index < -0.39 is 9.73 Å². The largest absolute Gasteiger partial charge is 0.252 e. The molecular weight excluding hydrogens is 194 g/mol. The van der Waals surface area contributed by atoms with E-state index >= 15 is 0 Å². The molecule has 1 aromatic carbocycles. The lowest BCUT2D eigenvalue weighted by Gasteiger charge is -1.96. The van der Waals surface area contributed by atoms with E-state index in [1.807, 2.05) is 39.0 Å². The van der Waals surface area contributed by atoms with Crippen LogP contribution in [0.5, 0.6) is 0 Å². The summed E-state index contributed by atoms with van der Waals surface area (Å²) in [4.78, 5) is 0. The molecule has 1 heterocycles. The van der Waals surface area contributed by atoms with Crippen molar-refractivity contribution < 1.29 is 4.21 Å². The summed E-state index contributed by atoms with van der Waals surface area (Å²) in [6.45, 7) is 6.02. The smallest absolute Gasteiger partial charge is 0.0572 e. The van der Waals surface area contributed by atoms with Crippen molar-refractivity contribution in [2.45, 2.75) is 32.3 Å². The first-order valence-corrected chi connectivity index (χ1v) is 6.79. The molecule has 0 spiro atoms. The summed E-state index contributed by atoms with van der Waals surface area (Å²) in [5.41, 5.74) is 3.39. The quantitative estimate of drug-likeness (QED) is 0.704. The van der Waals surface area contributed by atoms with Crippen LogP contribution in [0, 0.1) is 11.7 Å². The van der Waals surface area contributed by atoms with Gasteiger partial charge in [-0.2, -0.15) is 0 Å². The van der Waals surface area contributed by atoms with Gasteiger partial charge in [-0.25, -0.2) is 4.21 Å². The lowest BCUT2D eigenvalue weighted by atomic mass is 10.1. The van der Waals surface area contributed by atoms with Crippen molar-refractivity contribution in [2.75, 3.05) is 0 Å². The second kappa shape index (κ2) is 4.13. The second-order valence-corrected chi connectivity index (χ2v) is 5.57. The maximum absolute atomic E-state index is 11.4. The minimum absolute atomic E-state index is 0.447. The Labute approximate surface area is 86.3 Å². The van der Waals surface area contributed by atoms with Gasteiger partial charge in [-0.1, -0.05) is 37.6 Å². The Morgan fingerprint density at radius 1 is 1.21 bits per heavy atom. The fourth-order valence-corrected chi connectivity index (χ4v) is 3.24. The molecule has 1 aromatic rings. The van der Waals surface area contributed by atoms with Gasteiger partial charge in [-0.05, 0) is 18.1 Å². The summed E-state index contributed by atoms with van der Waals surface area (Å²) < 4.78 is 18.9. The fraction of sp³-hybridized carbons (Fsp3) is 0.455. The van der Waals surface area contributed by atoms with E-state index in [9.17, 15) is 4.21 Å². The molecular formula is C11H17NOS. The van der Waals surface area contributed by atoms with Gasteiger partial charge in [0.15, 0.2) is 0 Å². The molecule has 0 radical (unpaired) electrons. The van der Waals surface area contributed by atoms with E-state index in [-0.39, 0.29) is 0 Å². The third kappa shape index (κ3) is 2.35. The summed E-state index contributed by atoms with van der Waals surface area (Å²) in [7, 11) is -2.32. The van der Waals surface area contributed by atoms with Crippen molar-refractivity contribution in [3.8, 4) is 0 Å². The van der Waals surface area contributed by atoms with Gasteiger partial charge in [0.05, 0.1) is 21.2 Å². The van der Waals surface area contributed by atoms with Gasteiger partial charge in [-0.3, -0.25) is 4.78 Å². The third-order valence-electron chi connectivity index (χ3n) is 2.14. The lowest BCUT2D eigenvalue weighted by Crippen LogP contribution is -1.92. The highest BCUT2D eigenvalue weighted by Gasteiger charge is 2.20. The second-order valence-electron chi connectivity index (χ2n) is 3.37. The van der Waals surface area contributed by atoms with Crippen LogP contribution < -0.4 is 0 Å². The summed E-state index contributed by atoms with van der Waals surface area (Å²) in [5.74, 6) is 0.895. The fourth-order valence-electron chi connectivity index (χ4n) is 1.58. The average Bonchev–Trinajstić information content (AvgIpc) is 2.41. The van der Waals surface area contributed by atoms with Gasteiger partial charge in [0.1, 0.15) is 0 Å². The first-order chi connectivity index (χ1) is 6.57. The summed E-state index contributed by atoms with van der Waals surface area (Å²) in [5, 5.41) is 0. The summed E-state index contributed by atoms with van der Waals surface area (Å²) >= 11 is 0. The van der Waals surface area contributed by atoms with E-state index in [0.717, 1.165) is 11.1 Å². The summed E-state index contributed by atoms with van der Waals surface area (Å²) in [6.07, 6.45) is 0. The van der Waals surface area contributed by atoms with Gasteiger partial charge in [0, 0.05) is 0 Å². The number of aryl methyl sites for hydroxylation is 1. The number of nitrogens with one attached hydrogen (secondary N) is 1. The van der Waals surface area contributed by atoms with Gasteiger partial charge < -0.3 is 0 Å². The molecule has 1 atom stereocenters. The Morgan fingerprint density at radius 2 is 1.79 bits per heavy atom. The number of rotatable bonds is 0. The highest BCUT2D eigenvalue weighted by atomic mass is 32.2. The van der Waals surface area contributed by atoms with E-state index in [1.165, 1.54) is 5.56 Å². The van der Waals surface area contributed by atoms with Crippen LogP contribution in [-0.2, 0) is 21.2 Å². The van der Waals surface area contributed by atoms with Crippen molar-refractivity contribution in [3.05, 3.63) is 34.9 Å². The SMILES string of the molecule is CC.Cc1ccc2c(c1)CS(=N)(=O)C2. The minimum Gasteiger partial charge on any atom is -0.252 e. The molecule has 0 aliphatic carbocycles. The number of fused-ring (bicyclic) bond motifs is 1. The molecule has 1 unspecified atom stereocenters. The zero-order valence-corrected chi connectivity index (χ0v) is 9.78. The zero-order valence-electron chi connectivity index (χ0n) is 8.96. The Hall–Kier alpha value is -0.830. The maximum Gasteiger partial charge on any atom is 0.0572 e. The van der Waals surface area contributed by atoms with Crippen molar-refractivity contribution >= 4 is 9.73 Å². The van der Waals surface area contributed by atoms with Crippen LogP contribution in [0.3, 0.4) is 0 Å². The molecule has 0 aromatic heterocycles. The van der Waals surface area contributed by atoms with Gasteiger partial charge in [-0.15, -0.1) is 0 Å². The molecule has 0 saturated heterocycles. The van der Waals surface area contributed by atoms with Crippen LogP contribution in [0.2, 0.25) is 0 Å². The van der Waals surface area contributed by atoms with Crippen molar-refractivity contribution in [1.82, 2.24) is 0 Å². The molecule has 2 nitrogen and oxygen atoms in total. The number of benzene rings is 1. The first kappa shape index (κ1) is 11.2. The lowest BCUT2D eigenvalue weighted by molar-refractivity contribution is 0.676. The molecule has 2 rings (SSSR count).